The maximum absolute atomic E-state index is 12.6. The van der Waals surface area contributed by atoms with Crippen molar-refractivity contribution in [1.29, 1.82) is 0 Å². The van der Waals surface area contributed by atoms with Crippen LogP contribution in [0, 0.1) is 0 Å². The Morgan fingerprint density at radius 3 is 1.07 bits per heavy atom. The molecule has 0 radical (unpaired) electrons. The van der Waals surface area contributed by atoms with Gasteiger partial charge in [-0.25, -0.2) is 22.7 Å². The van der Waals surface area contributed by atoms with Crippen LogP contribution in [0.3, 0.4) is 0 Å². The van der Waals surface area contributed by atoms with E-state index < -0.39 is 145 Å². The zero-order valence-corrected chi connectivity index (χ0v) is 56.6. The first-order valence-corrected chi connectivity index (χ1v) is 33.4. The Hall–Kier alpha value is -6.93. The van der Waals surface area contributed by atoms with Crippen molar-refractivity contribution in [1.82, 2.24) is 46.1 Å². The molecule has 17 N–H and O–H groups in total. The SMILES string of the molecule is CC(O)[C@H](NC(=O)[C@H](CCCCNC(=O)CC[C@H](NC(=O)CC[C@H](NC(=O)COCCOCCNC(=O)COCCOCCNC(=O)CC[C@H](NC(=O)CC[C@H](NC(=O)CCCCCCCCCCCCCCCCC(=O)O)C(=O)O)C(=O)O)C(=O)O)C(=O)O)NI)C(N)=O. The van der Waals surface area contributed by atoms with Gasteiger partial charge in [0, 0.05) is 81.0 Å². The van der Waals surface area contributed by atoms with Crippen molar-refractivity contribution in [3.05, 3.63) is 0 Å². The standard InChI is InChI=1S/C60H103IN10O24/c1-40(72)54(55(62)82)70-56(83)41(71-61)18-16-17-29-63-46(73)25-21-42(57(84)85)67-50(77)28-24-45(60(90)91)69-52(79)39-95-37-35-93-33-31-65-51(78)38-94-36-34-92-32-30-64-47(74)26-22-43(58(86)87)68-49(76)27-23-44(59(88)89)66-48(75)19-14-12-10-8-6-4-2-3-5-7-9-11-13-15-20-53(80)81/h40-45,54,71-72H,2-39H2,1H3,(H2,62,82)(H,63,73)(H,64,74)(H,65,78)(H,66,75)(H,67,77)(H,68,76)(H,69,79)(H,70,83)(H,80,81)(H,84,85)(H,86,87)(H,88,89)(H,90,91)/t40?,41-,42-,43-,44-,45-,54-/m0/s1. The third kappa shape index (κ3) is 50.2. The van der Waals surface area contributed by atoms with Gasteiger partial charge in [0.15, 0.2) is 0 Å². The van der Waals surface area contributed by atoms with Gasteiger partial charge >= 0.3 is 29.8 Å². The summed E-state index contributed by atoms with van der Waals surface area (Å²) in [5.74, 6) is -12.2. The van der Waals surface area contributed by atoms with Crippen LogP contribution in [0.25, 0.3) is 0 Å². The van der Waals surface area contributed by atoms with Gasteiger partial charge in [-0.2, -0.15) is 0 Å². The number of carboxylic acids is 5. The summed E-state index contributed by atoms with van der Waals surface area (Å²) in [6.45, 7) is 0.888. The Bertz CT molecular complexity index is 2340. The first-order chi connectivity index (χ1) is 45.3. The fourth-order valence-electron chi connectivity index (χ4n) is 8.99. The molecule has 0 aliphatic heterocycles. The second-order valence-corrected chi connectivity index (χ2v) is 23.1. The van der Waals surface area contributed by atoms with Crippen molar-refractivity contribution >= 4 is 106 Å². The van der Waals surface area contributed by atoms with Crippen molar-refractivity contribution in [2.75, 3.05) is 72.5 Å². The highest BCUT2D eigenvalue weighted by Gasteiger charge is 2.29. The van der Waals surface area contributed by atoms with Gasteiger partial charge < -0.3 is 97.9 Å². The Morgan fingerprint density at radius 2 is 0.695 bits per heavy atom. The van der Waals surface area contributed by atoms with E-state index in [9.17, 15) is 92.7 Å². The second-order valence-electron chi connectivity index (χ2n) is 22.5. The van der Waals surface area contributed by atoms with E-state index in [1.807, 2.05) is 0 Å². The van der Waals surface area contributed by atoms with Crippen molar-refractivity contribution < 1.29 is 117 Å². The minimum atomic E-state index is -1.53. The Balaban J connectivity index is 4.18. The molecular weight excluding hydrogens is 1370 g/mol. The van der Waals surface area contributed by atoms with E-state index in [-0.39, 0.29) is 117 Å². The summed E-state index contributed by atoms with van der Waals surface area (Å²) < 4.78 is 23.9. The lowest BCUT2D eigenvalue weighted by Crippen LogP contribution is -2.54. The molecular formula is C60H103IN10O24. The molecule has 0 aromatic rings. The molecule has 1 unspecified atom stereocenters. The second kappa shape index (κ2) is 56.3. The normalized spacial score (nSPS) is 13.3. The predicted octanol–water partition coefficient (Wildman–Crippen LogP) is -0.0446. The number of carbonyl (C=O) groups is 14. The van der Waals surface area contributed by atoms with E-state index >= 15 is 0 Å². The van der Waals surface area contributed by atoms with Crippen molar-refractivity contribution in [3.8, 4) is 0 Å². The average Bonchev–Trinajstić information content (AvgIpc) is 1.31. The van der Waals surface area contributed by atoms with E-state index in [1.54, 1.807) is 22.9 Å². The molecule has 0 bridgehead atoms. The van der Waals surface area contributed by atoms with Gasteiger partial charge in [0.05, 0.1) is 51.8 Å². The average molecular weight is 1480 g/mol. The van der Waals surface area contributed by atoms with E-state index in [4.69, 9.17) is 29.8 Å². The molecule has 0 aromatic carbocycles. The van der Waals surface area contributed by atoms with Crippen molar-refractivity contribution in [2.45, 2.75) is 223 Å². The number of aliphatic carboxylic acids is 5. The molecule has 0 rings (SSSR count). The van der Waals surface area contributed by atoms with Gasteiger partial charge in [-0.1, -0.05) is 77.0 Å². The van der Waals surface area contributed by atoms with Crippen molar-refractivity contribution in [3.63, 3.8) is 0 Å². The Kier molecular flexibility index (Phi) is 52.2. The summed E-state index contributed by atoms with van der Waals surface area (Å²) in [6, 6.07) is -7.81. The molecule has 0 aromatic heterocycles. The van der Waals surface area contributed by atoms with Gasteiger partial charge in [-0.05, 0) is 64.7 Å². The van der Waals surface area contributed by atoms with Crippen LogP contribution >= 0.6 is 22.9 Å². The lowest BCUT2D eigenvalue weighted by Gasteiger charge is -2.21. The first kappa shape index (κ1) is 88.1. The molecule has 0 saturated carbocycles. The molecule has 0 aliphatic carbocycles. The first-order valence-electron chi connectivity index (χ1n) is 32.3. The number of amides is 9. The van der Waals surface area contributed by atoms with E-state index in [1.165, 1.54) is 32.6 Å². The zero-order chi connectivity index (χ0) is 71.2. The summed E-state index contributed by atoms with van der Waals surface area (Å²) in [5, 5.41) is 76.1. The van der Waals surface area contributed by atoms with Crippen molar-refractivity contribution in [2.24, 2.45) is 5.73 Å². The minimum Gasteiger partial charge on any atom is -0.481 e. The molecule has 34 nitrogen and oxygen atoms in total. The lowest BCUT2D eigenvalue weighted by atomic mass is 10.0. The summed E-state index contributed by atoms with van der Waals surface area (Å²) in [4.78, 5) is 169. The molecule has 95 heavy (non-hydrogen) atoms. The van der Waals surface area contributed by atoms with E-state index in [0.717, 1.165) is 57.8 Å². The number of carboxylic acid groups (broad SMARTS) is 5. The topological polar surface area (TPSA) is 532 Å². The Labute approximate surface area is 567 Å². The fourth-order valence-corrected chi connectivity index (χ4v) is 9.59. The maximum Gasteiger partial charge on any atom is 0.326 e. The van der Waals surface area contributed by atoms with Crippen LogP contribution in [0.4, 0.5) is 0 Å². The molecule has 0 spiro atoms. The number of nitrogens with one attached hydrogen (secondary N) is 9. The number of unbranched alkanes of at least 4 members (excludes halogenated alkanes) is 14. The summed E-state index contributed by atoms with van der Waals surface area (Å²) in [7, 11) is 0. The van der Waals surface area contributed by atoms with Gasteiger partial charge in [-0.15, -0.1) is 0 Å². The Morgan fingerprint density at radius 1 is 0.358 bits per heavy atom. The van der Waals surface area contributed by atoms with Crippen LogP contribution in [0.1, 0.15) is 180 Å². The number of primary amides is 1. The molecule has 0 heterocycles. The number of aliphatic hydroxyl groups is 1. The number of ether oxygens (including phenoxy) is 4. The van der Waals surface area contributed by atoms with Gasteiger partial charge in [-0.3, -0.25) is 47.9 Å². The summed E-state index contributed by atoms with van der Waals surface area (Å²) in [5.41, 5.74) is 5.21. The molecule has 544 valence electrons. The number of hydrogen-bond acceptors (Lipinski definition) is 20. The number of rotatable bonds is 63. The highest BCUT2D eigenvalue weighted by molar-refractivity contribution is 14.1. The molecule has 9 amide bonds. The smallest absolute Gasteiger partial charge is 0.326 e. The van der Waals surface area contributed by atoms with Crippen LogP contribution in [0.5, 0.6) is 0 Å². The fraction of sp³-hybridized carbons (Fsp3) is 0.767. The van der Waals surface area contributed by atoms with Crippen LogP contribution in [-0.4, -0.2) is 228 Å². The molecule has 0 fully saturated rings. The van der Waals surface area contributed by atoms with Gasteiger partial charge in [0.2, 0.25) is 53.2 Å². The highest BCUT2D eigenvalue weighted by Crippen LogP contribution is 2.15. The van der Waals surface area contributed by atoms with Gasteiger partial charge in [0.1, 0.15) is 43.4 Å². The zero-order valence-electron chi connectivity index (χ0n) is 54.4. The third-order valence-corrected chi connectivity index (χ3v) is 15.1. The van der Waals surface area contributed by atoms with E-state index in [0.29, 0.717) is 25.7 Å². The number of nitrogens with two attached hydrogens (primary N) is 1. The van der Waals surface area contributed by atoms with Crippen LogP contribution in [0.2, 0.25) is 0 Å². The number of halogens is 1. The highest BCUT2D eigenvalue weighted by atomic mass is 127. The van der Waals surface area contributed by atoms with Crippen LogP contribution in [-0.2, 0) is 86.1 Å². The lowest BCUT2D eigenvalue weighted by molar-refractivity contribution is -0.144. The van der Waals surface area contributed by atoms with E-state index in [2.05, 4.69) is 46.1 Å². The number of hydrogen-bond donors (Lipinski definition) is 16. The molecule has 0 saturated heterocycles. The summed E-state index contributed by atoms with van der Waals surface area (Å²) >= 11 is 1.77. The molecule has 35 heteroatoms. The predicted molar refractivity (Wildman–Crippen MR) is 347 cm³/mol. The minimum absolute atomic E-state index is 0.00311. The molecule has 0 aliphatic rings. The monoisotopic (exact) mass is 1470 g/mol. The number of carbonyl (C=O) groups excluding carboxylic acids is 9. The van der Waals surface area contributed by atoms with Crippen LogP contribution in [0.15, 0.2) is 0 Å². The third-order valence-electron chi connectivity index (χ3n) is 14.3. The number of aliphatic hydroxyl groups excluding tert-OH is 1. The van der Waals surface area contributed by atoms with Gasteiger partial charge in [0.25, 0.3) is 0 Å². The quantitative estimate of drug-likeness (QED) is 0.0216. The molecule has 7 atom stereocenters. The largest absolute Gasteiger partial charge is 0.481 e. The summed E-state index contributed by atoms with van der Waals surface area (Å²) in [6.07, 6.45) is 11.9. The van der Waals surface area contributed by atoms with Crippen LogP contribution < -0.4 is 51.8 Å². The maximum atomic E-state index is 12.6.